The van der Waals surface area contributed by atoms with E-state index in [2.05, 4.69) is 23.4 Å². The van der Waals surface area contributed by atoms with Crippen LogP contribution in [0.3, 0.4) is 0 Å². The molecule has 2 unspecified atom stereocenters. The number of carbonyl (C=O) groups excluding carboxylic acids is 1. The zero-order chi connectivity index (χ0) is 23.4. The number of pyridine rings is 1. The van der Waals surface area contributed by atoms with Gasteiger partial charge in [0.15, 0.2) is 0 Å². The van der Waals surface area contributed by atoms with Crippen molar-refractivity contribution in [2.45, 2.75) is 18.2 Å². The lowest BCUT2D eigenvalue weighted by molar-refractivity contribution is -0.119. The number of anilines is 1. The number of nitrogens with one attached hydrogen (secondary N) is 1. The molecule has 1 fully saturated rings. The number of hydrogen-bond donors (Lipinski definition) is 1. The molecule has 0 aliphatic carbocycles. The van der Waals surface area contributed by atoms with Crippen molar-refractivity contribution in [3.63, 3.8) is 0 Å². The summed E-state index contributed by atoms with van der Waals surface area (Å²) in [5, 5.41) is 3.02. The molecule has 0 saturated carbocycles. The van der Waals surface area contributed by atoms with Crippen molar-refractivity contribution in [1.29, 1.82) is 0 Å². The van der Waals surface area contributed by atoms with E-state index in [1.165, 1.54) is 30.3 Å². The van der Waals surface area contributed by atoms with Gasteiger partial charge in [-0.3, -0.25) is 4.79 Å². The minimum atomic E-state index is -0.576. The van der Waals surface area contributed by atoms with Gasteiger partial charge >= 0.3 is 0 Å². The molecule has 6 rings (SSSR count). The first-order valence-corrected chi connectivity index (χ1v) is 12.6. The first kappa shape index (κ1) is 21.8. The Bertz CT molecular complexity index is 1450. The summed E-state index contributed by atoms with van der Waals surface area (Å²) >= 11 is 9.07. The smallest absolute Gasteiger partial charge is 0.228 e. The van der Waals surface area contributed by atoms with Crippen LogP contribution in [0.2, 0.25) is 5.02 Å². The standard InChI is InChI=1S/C23H16ClF2N5OS2/c24-16-8-19(17(25)7-14(16)11-1-2-18-20(5-11)30-34-29-18)28-23(32)12-6-21-13-3-4-27-22(26)15(13)10-33-31(21)9-12/h1-5,7-8,12,21H,6,9-10H2,(H,28,32). The number of halogens is 3. The first-order chi connectivity index (χ1) is 16.5. The molecule has 2 aromatic carbocycles. The zero-order valence-corrected chi connectivity index (χ0v) is 19.9. The summed E-state index contributed by atoms with van der Waals surface area (Å²) in [5.74, 6) is -1.21. The molecule has 6 nitrogen and oxygen atoms in total. The Morgan fingerprint density at radius 1 is 1.15 bits per heavy atom. The van der Waals surface area contributed by atoms with Crippen molar-refractivity contribution in [1.82, 2.24) is 18.0 Å². The van der Waals surface area contributed by atoms with Crippen LogP contribution in [-0.4, -0.2) is 30.5 Å². The van der Waals surface area contributed by atoms with Crippen LogP contribution >= 0.6 is 35.3 Å². The van der Waals surface area contributed by atoms with Crippen LogP contribution in [0, 0.1) is 17.7 Å². The van der Waals surface area contributed by atoms with Crippen LogP contribution in [-0.2, 0) is 10.5 Å². The molecule has 11 heteroatoms. The van der Waals surface area contributed by atoms with E-state index in [1.54, 1.807) is 6.07 Å². The van der Waals surface area contributed by atoms with Crippen LogP contribution in [0.4, 0.5) is 14.5 Å². The number of hydrogen-bond acceptors (Lipinski definition) is 7. The van der Waals surface area contributed by atoms with Gasteiger partial charge in [0, 0.05) is 35.7 Å². The Morgan fingerprint density at radius 2 is 2.00 bits per heavy atom. The largest absolute Gasteiger partial charge is 0.323 e. The van der Waals surface area contributed by atoms with Gasteiger partial charge in [0.1, 0.15) is 16.9 Å². The molecule has 1 amide bonds. The SMILES string of the molecule is O=C(Nc1cc(Cl)c(-c2ccc3nsnc3c2)cc1F)C1CC2c3ccnc(F)c3CSN2C1. The van der Waals surface area contributed by atoms with Crippen molar-refractivity contribution in [2.75, 3.05) is 11.9 Å². The van der Waals surface area contributed by atoms with Gasteiger partial charge in [0.25, 0.3) is 0 Å². The summed E-state index contributed by atoms with van der Waals surface area (Å²) in [7, 11) is 0. The van der Waals surface area contributed by atoms with Crippen LogP contribution in [0.15, 0.2) is 42.6 Å². The van der Waals surface area contributed by atoms with Crippen LogP contribution < -0.4 is 5.32 Å². The molecule has 1 N–H and O–H groups in total. The average Bonchev–Trinajstić information content (AvgIpc) is 3.48. The Kier molecular flexibility index (Phi) is 5.48. The zero-order valence-electron chi connectivity index (χ0n) is 17.5. The number of nitrogens with zero attached hydrogens (tertiary/aromatic N) is 4. The van der Waals surface area contributed by atoms with Gasteiger partial charge in [-0.25, -0.2) is 13.7 Å². The average molecular weight is 516 g/mol. The minimum Gasteiger partial charge on any atom is -0.323 e. The second kappa shape index (κ2) is 8.53. The Morgan fingerprint density at radius 3 is 2.88 bits per heavy atom. The fourth-order valence-electron chi connectivity index (χ4n) is 4.55. The van der Waals surface area contributed by atoms with Gasteiger partial charge < -0.3 is 5.32 Å². The van der Waals surface area contributed by atoms with Gasteiger partial charge in [-0.2, -0.15) is 13.1 Å². The predicted molar refractivity (Wildman–Crippen MR) is 129 cm³/mol. The van der Waals surface area contributed by atoms with Crippen LogP contribution in [0.25, 0.3) is 22.2 Å². The van der Waals surface area contributed by atoms with Crippen molar-refractivity contribution >= 4 is 57.9 Å². The number of amides is 1. The normalized spacial score (nSPS) is 19.7. The molecule has 0 radical (unpaired) electrons. The molecule has 34 heavy (non-hydrogen) atoms. The summed E-state index contributed by atoms with van der Waals surface area (Å²) in [6.07, 6.45) is 1.97. The fraction of sp³-hybridized carbons (Fsp3) is 0.217. The monoisotopic (exact) mass is 515 g/mol. The maximum atomic E-state index is 15.0. The van der Waals surface area contributed by atoms with E-state index in [-0.39, 0.29) is 23.6 Å². The third-order valence-corrected chi connectivity index (χ3v) is 8.30. The van der Waals surface area contributed by atoms with Crippen LogP contribution in [0.1, 0.15) is 23.6 Å². The highest BCUT2D eigenvalue weighted by molar-refractivity contribution is 7.96. The topological polar surface area (TPSA) is 71.0 Å². The molecule has 0 spiro atoms. The van der Waals surface area contributed by atoms with E-state index in [9.17, 15) is 13.6 Å². The van der Waals surface area contributed by atoms with Crippen molar-refractivity contribution in [3.05, 3.63) is 70.5 Å². The lowest BCUT2D eigenvalue weighted by Crippen LogP contribution is -2.26. The molecule has 4 aromatic rings. The lowest BCUT2D eigenvalue weighted by Gasteiger charge is -2.30. The van der Waals surface area contributed by atoms with E-state index in [4.69, 9.17) is 11.6 Å². The van der Waals surface area contributed by atoms with Gasteiger partial charge in [-0.1, -0.05) is 29.6 Å². The minimum absolute atomic E-state index is 0.0309. The summed E-state index contributed by atoms with van der Waals surface area (Å²) in [4.78, 5) is 16.8. The quantitative estimate of drug-likeness (QED) is 0.273. The van der Waals surface area contributed by atoms with Gasteiger partial charge in [-0.15, -0.1) is 0 Å². The number of benzene rings is 2. The summed E-state index contributed by atoms with van der Waals surface area (Å²) in [5.41, 5.74) is 4.19. The van der Waals surface area contributed by atoms with Crippen molar-refractivity contribution in [2.24, 2.45) is 5.92 Å². The van der Waals surface area contributed by atoms with Crippen molar-refractivity contribution < 1.29 is 13.6 Å². The highest BCUT2D eigenvalue weighted by Gasteiger charge is 2.41. The van der Waals surface area contributed by atoms with Gasteiger partial charge in [0.05, 0.1) is 28.4 Å². The third kappa shape index (κ3) is 3.74. The summed E-state index contributed by atoms with van der Waals surface area (Å²) in [6, 6.07) is 9.91. The van der Waals surface area contributed by atoms with E-state index >= 15 is 0 Å². The second-order valence-corrected chi connectivity index (χ2v) is 10.2. The van der Waals surface area contributed by atoms with E-state index < -0.39 is 11.8 Å². The summed E-state index contributed by atoms with van der Waals surface area (Å²) in [6.45, 7) is 0.500. The maximum absolute atomic E-state index is 15.0. The maximum Gasteiger partial charge on any atom is 0.228 e. The van der Waals surface area contributed by atoms with E-state index in [1.807, 2.05) is 18.2 Å². The molecule has 172 valence electrons. The molecular formula is C23H16ClF2N5OS2. The van der Waals surface area contributed by atoms with E-state index in [0.717, 1.165) is 22.8 Å². The number of carbonyl (C=O) groups is 1. The second-order valence-electron chi connectivity index (χ2n) is 8.26. The highest BCUT2D eigenvalue weighted by Crippen LogP contribution is 2.47. The molecule has 2 aliphatic rings. The Balaban J connectivity index is 1.22. The molecular weight excluding hydrogens is 500 g/mol. The lowest BCUT2D eigenvalue weighted by atomic mass is 9.97. The number of rotatable bonds is 3. The Labute approximate surface area is 206 Å². The number of fused-ring (bicyclic) bond motifs is 4. The molecule has 2 atom stereocenters. The molecule has 4 heterocycles. The molecule has 0 bridgehead atoms. The first-order valence-electron chi connectivity index (χ1n) is 10.5. The fourth-order valence-corrected chi connectivity index (χ4v) is 6.59. The Hall–Kier alpha value is -2.66. The van der Waals surface area contributed by atoms with Gasteiger partial charge in [-0.05, 0) is 47.9 Å². The molecule has 2 aliphatic heterocycles. The predicted octanol–water partition coefficient (Wildman–Crippen LogP) is 5.85. The summed E-state index contributed by atoms with van der Waals surface area (Å²) < 4.78 is 39.6. The molecule has 1 saturated heterocycles. The van der Waals surface area contributed by atoms with Gasteiger partial charge in [0.2, 0.25) is 11.9 Å². The third-order valence-electron chi connectivity index (χ3n) is 6.28. The van der Waals surface area contributed by atoms with Crippen molar-refractivity contribution in [3.8, 4) is 11.1 Å². The highest BCUT2D eigenvalue weighted by atomic mass is 35.5. The molecule has 2 aromatic heterocycles. The number of aromatic nitrogens is 3. The van der Waals surface area contributed by atoms with Crippen LogP contribution in [0.5, 0.6) is 0 Å². The van der Waals surface area contributed by atoms with E-state index in [0.29, 0.717) is 45.9 Å².